The van der Waals surface area contributed by atoms with Crippen LogP contribution < -0.4 is 0 Å². The molecule has 0 radical (unpaired) electrons. The van der Waals surface area contributed by atoms with Crippen LogP contribution >= 0.6 is 11.3 Å². The van der Waals surface area contributed by atoms with Crippen molar-refractivity contribution in [2.24, 2.45) is 0 Å². The Labute approximate surface area is 267 Å². The summed E-state index contributed by atoms with van der Waals surface area (Å²) in [7, 11) is 0. The molecular weight excluding hydrogens is 581 g/mol. The van der Waals surface area contributed by atoms with Crippen LogP contribution in [-0.2, 0) is 0 Å². The third kappa shape index (κ3) is 3.63. The number of hydrogen-bond acceptors (Lipinski definition) is 4. The Morgan fingerprint density at radius 2 is 1.00 bits per heavy atom. The molecule has 10 rings (SSSR count). The van der Waals surface area contributed by atoms with E-state index in [0.717, 1.165) is 22.2 Å². The molecule has 0 fully saturated rings. The van der Waals surface area contributed by atoms with Gasteiger partial charge in [0.05, 0.1) is 15.7 Å². The van der Waals surface area contributed by atoms with Crippen LogP contribution in [0.5, 0.6) is 0 Å². The van der Waals surface area contributed by atoms with Crippen molar-refractivity contribution in [2.45, 2.75) is 0 Å². The average molecular weight is 605 g/mol. The molecule has 4 nitrogen and oxygen atoms in total. The lowest BCUT2D eigenvalue weighted by Crippen LogP contribution is -2.06. The third-order valence-corrected chi connectivity index (χ3v) is 10.2. The Kier molecular flexibility index (Phi) is 5.41. The topological polar surface area (TPSA) is 43.6 Å². The second kappa shape index (κ2) is 9.80. The Hall–Kier alpha value is -5.91. The van der Waals surface area contributed by atoms with E-state index in [4.69, 9.17) is 15.0 Å². The molecule has 0 saturated carbocycles. The van der Waals surface area contributed by atoms with Crippen LogP contribution in [0.25, 0.3) is 92.2 Å². The van der Waals surface area contributed by atoms with Crippen molar-refractivity contribution in [3.05, 3.63) is 146 Å². The number of rotatable bonds is 3. The number of nitrogens with zero attached hydrogens (tertiary/aromatic N) is 4. The van der Waals surface area contributed by atoms with E-state index in [1.165, 1.54) is 52.5 Å². The zero-order chi connectivity index (χ0) is 30.2. The molecule has 7 aromatic carbocycles. The minimum atomic E-state index is 0.608. The molecular formula is C41H24N4S. The highest BCUT2D eigenvalue weighted by atomic mass is 32.1. The molecule has 0 unspecified atom stereocenters. The summed E-state index contributed by atoms with van der Waals surface area (Å²) in [4.78, 5) is 15.5. The maximum Gasteiger partial charge on any atom is 0.238 e. The number of aromatic nitrogens is 4. The molecule has 0 saturated heterocycles. The van der Waals surface area contributed by atoms with Gasteiger partial charge in [0, 0.05) is 37.4 Å². The highest BCUT2D eigenvalue weighted by Gasteiger charge is 2.25. The molecule has 3 aromatic heterocycles. The molecule has 214 valence electrons. The van der Waals surface area contributed by atoms with Gasteiger partial charge in [-0.2, -0.15) is 9.97 Å². The molecule has 0 bridgehead atoms. The van der Waals surface area contributed by atoms with Gasteiger partial charge in [0.2, 0.25) is 5.95 Å². The molecule has 0 atom stereocenters. The zero-order valence-corrected chi connectivity index (χ0v) is 25.4. The fourth-order valence-electron chi connectivity index (χ4n) is 7.04. The smallest absolute Gasteiger partial charge is 0.238 e. The minimum absolute atomic E-state index is 0.608. The Bertz CT molecular complexity index is 2740. The summed E-state index contributed by atoms with van der Waals surface area (Å²) in [5.74, 6) is 1.90. The third-order valence-electron chi connectivity index (χ3n) is 9.02. The standard InChI is InChI=1S/C41H24N4S/c1-3-14-26(15-4-1)39-42-40(27-16-5-2-6-17-27)44-41(43-39)45-32-24-23-25-13-7-8-18-28(25)35(32)36-30-20-10-9-19-29(30)34-31-21-11-12-22-33(31)46-38(34)37(36)45/h1-24H. The van der Waals surface area contributed by atoms with Gasteiger partial charge in [-0.25, -0.2) is 4.98 Å². The Balaban J connectivity index is 1.46. The van der Waals surface area contributed by atoms with E-state index in [0.29, 0.717) is 17.6 Å². The van der Waals surface area contributed by atoms with Gasteiger partial charge in [0.1, 0.15) is 0 Å². The van der Waals surface area contributed by atoms with E-state index in [1.807, 2.05) is 47.7 Å². The Morgan fingerprint density at radius 1 is 0.435 bits per heavy atom. The normalized spacial score (nSPS) is 11.9. The maximum atomic E-state index is 5.24. The van der Waals surface area contributed by atoms with Crippen molar-refractivity contribution < 1.29 is 0 Å². The molecule has 0 spiro atoms. The highest BCUT2D eigenvalue weighted by molar-refractivity contribution is 7.27. The molecule has 0 N–H and O–H groups in total. The molecule has 10 aromatic rings. The van der Waals surface area contributed by atoms with Crippen molar-refractivity contribution in [1.82, 2.24) is 19.5 Å². The number of hydrogen-bond donors (Lipinski definition) is 0. The fourth-order valence-corrected chi connectivity index (χ4v) is 8.30. The first-order valence-electron chi connectivity index (χ1n) is 15.4. The summed E-state index contributed by atoms with van der Waals surface area (Å²) in [6.07, 6.45) is 0. The lowest BCUT2D eigenvalue weighted by atomic mass is 9.97. The highest BCUT2D eigenvalue weighted by Crippen LogP contribution is 2.48. The van der Waals surface area contributed by atoms with E-state index < -0.39 is 0 Å². The first-order chi connectivity index (χ1) is 22.8. The molecule has 5 heteroatoms. The fraction of sp³-hybridized carbons (Fsp3) is 0. The lowest BCUT2D eigenvalue weighted by molar-refractivity contribution is 0.956. The number of fused-ring (bicyclic) bond motifs is 12. The predicted octanol–water partition coefficient (Wildman–Crippen LogP) is 11.0. The molecule has 0 amide bonds. The van der Waals surface area contributed by atoms with Crippen LogP contribution in [0.2, 0.25) is 0 Å². The van der Waals surface area contributed by atoms with Crippen molar-refractivity contribution in [2.75, 3.05) is 0 Å². The molecule has 0 aliphatic rings. The van der Waals surface area contributed by atoms with E-state index in [-0.39, 0.29) is 0 Å². The van der Waals surface area contributed by atoms with Crippen LogP contribution in [0.15, 0.2) is 146 Å². The van der Waals surface area contributed by atoms with Crippen LogP contribution in [0.3, 0.4) is 0 Å². The van der Waals surface area contributed by atoms with Gasteiger partial charge in [0.25, 0.3) is 0 Å². The van der Waals surface area contributed by atoms with Crippen LogP contribution in [0.4, 0.5) is 0 Å². The van der Waals surface area contributed by atoms with Gasteiger partial charge in [-0.3, -0.25) is 4.57 Å². The van der Waals surface area contributed by atoms with Gasteiger partial charge in [-0.1, -0.05) is 133 Å². The van der Waals surface area contributed by atoms with Gasteiger partial charge >= 0.3 is 0 Å². The number of benzene rings is 7. The number of thiophene rings is 1. The van der Waals surface area contributed by atoms with Gasteiger partial charge in [-0.15, -0.1) is 11.3 Å². The van der Waals surface area contributed by atoms with E-state index in [1.54, 1.807) is 0 Å². The predicted molar refractivity (Wildman–Crippen MR) is 193 cm³/mol. The second-order valence-electron chi connectivity index (χ2n) is 11.6. The maximum absolute atomic E-state index is 5.24. The van der Waals surface area contributed by atoms with E-state index in [2.05, 4.69) is 114 Å². The Morgan fingerprint density at radius 3 is 1.70 bits per heavy atom. The molecule has 46 heavy (non-hydrogen) atoms. The summed E-state index contributed by atoms with van der Waals surface area (Å²) in [5, 5.41) is 9.91. The van der Waals surface area contributed by atoms with E-state index >= 15 is 0 Å². The SMILES string of the molecule is c1ccc(-c2nc(-c3ccccc3)nc(-n3c4ccc5ccccc5c4c4c5ccccc5c5c6ccccc6sc5c43)n2)cc1. The lowest BCUT2D eigenvalue weighted by Gasteiger charge is -2.12. The first-order valence-corrected chi connectivity index (χ1v) is 16.2. The van der Waals surface area contributed by atoms with E-state index in [9.17, 15) is 0 Å². The summed E-state index contributed by atoms with van der Waals surface area (Å²) in [6, 6.07) is 51.1. The summed E-state index contributed by atoms with van der Waals surface area (Å²) in [6.45, 7) is 0. The van der Waals surface area contributed by atoms with Crippen molar-refractivity contribution in [3.63, 3.8) is 0 Å². The molecule has 0 aliphatic heterocycles. The van der Waals surface area contributed by atoms with Gasteiger partial charge in [0.15, 0.2) is 11.6 Å². The first kappa shape index (κ1) is 25.4. The van der Waals surface area contributed by atoms with Gasteiger partial charge < -0.3 is 0 Å². The molecule has 3 heterocycles. The van der Waals surface area contributed by atoms with Crippen molar-refractivity contribution in [3.8, 4) is 28.7 Å². The molecule has 0 aliphatic carbocycles. The van der Waals surface area contributed by atoms with Gasteiger partial charge in [-0.05, 0) is 33.7 Å². The quantitative estimate of drug-likeness (QED) is 0.201. The monoisotopic (exact) mass is 604 g/mol. The average Bonchev–Trinajstić information content (AvgIpc) is 3.69. The summed E-state index contributed by atoms with van der Waals surface area (Å²) in [5.41, 5.74) is 4.11. The summed E-state index contributed by atoms with van der Waals surface area (Å²) < 4.78 is 4.79. The van der Waals surface area contributed by atoms with Crippen LogP contribution in [0, 0.1) is 0 Å². The minimum Gasteiger partial charge on any atom is -0.276 e. The van der Waals surface area contributed by atoms with Crippen LogP contribution in [0.1, 0.15) is 0 Å². The van der Waals surface area contributed by atoms with Crippen molar-refractivity contribution >= 4 is 74.9 Å². The van der Waals surface area contributed by atoms with Crippen molar-refractivity contribution in [1.29, 1.82) is 0 Å². The zero-order valence-electron chi connectivity index (χ0n) is 24.6. The summed E-state index contributed by atoms with van der Waals surface area (Å²) >= 11 is 1.84. The second-order valence-corrected chi connectivity index (χ2v) is 12.7. The largest absolute Gasteiger partial charge is 0.276 e. The van der Waals surface area contributed by atoms with Crippen LogP contribution in [-0.4, -0.2) is 19.5 Å².